The number of hydrogen-bond donors (Lipinski definition) is 2. The van der Waals surface area contributed by atoms with Crippen LogP contribution in [0, 0.1) is 17.0 Å². The summed E-state index contributed by atoms with van der Waals surface area (Å²) in [5, 5.41) is 18.0. The molecule has 0 aromatic heterocycles. The van der Waals surface area contributed by atoms with Gasteiger partial charge in [-0.2, -0.15) is 5.10 Å². The summed E-state index contributed by atoms with van der Waals surface area (Å²) in [6, 6.07) is 21.0. The number of carbonyl (C=O) groups excluding carboxylic acids is 2. The zero-order chi connectivity index (χ0) is 24.3. The molecular formula is C25H24N4O5. The van der Waals surface area contributed by atoms with E-state index in [-0.39, 0.29) is 36.8 Å². The lowest BCUT2D eigenvalue weighted by Crippen LogP contribution is -2.20. The van der Waals surface area contributed by atoms with Gasteiger partial charge < -0.3 is 10.1 Å². The van der Waals surface area contributed by atoms with E-state index in [0.29, 0.717) is 11.3 Å². The second-order valence-corrected chi connectivity index (χ2v) is 7.47. The largest absolute Gasteiger partial charge is 0.482 e. The predicted octanol–water partition coefficient (Wildman–Crippen LogP) is 4.35. The number of nitro groups is 1. The van der Waals surface area contributed by atoms with Crippen LogP contribution in [0.2, 0.25) is 0 Å². The van der Waals surface area contributed by atoms with Gasteiger partial charge in [-0.1, -0.05) is 48.0 Å². The minimum atomic E-state index is -0.539. The van der Waals surface area contributed by atoms with Crippen LogP contribution in [0.4, 0.5) is 11.4 Å². The van der Waals surface area contributed by atoms with E-state index in [1.807, 2.05) is 49.4 Å². The number of ether oxygens (including phenoxy) is 1. The summed E-state index contributed by atoms with van der Waals surface area (Å²) < 4.78 is 5.59. The predicted molar refractivity (Wildman–Crippen MR) is 129 cm³/mol. The van der Waals surface area contributed by atoms with Crippen molar-refractivity contribution in [3.05, 3.63) is 99.6 Å². The van der Waals surface area contributed by atoms with Gasteiger partial charge in [0.15, 0.2) is 5.75 Å². The number of carbonyl (C=O) groups is 2. The molecule has 0 aliphatic rings. The number of nitrogens with zero attached hydrogens (tertiary/aromatic N) is 2. The topological polar surface area (TPSA) is 123 Å². The van der Waals surface area contributed by atoms with Crippen molar-refractivity contribution in [2.45, 2.75) is 26.4 Å². The van der Waals surface area contributed by atoms with Gasteiger partial charge in [0.25, 0.3) is 0 Å². The average Bonchev–Trinajstić information content (AvgIpc) is 2.84. The summed E-state index contributed by atoms with van der Waals surface area (Å²) in [6.45, 7) is 2.14. The Bertz CT molecular complexity index is 1180. The molecule has 9 heteroatoms. The fourth-order valence-corrected chi connectivity index (χ4v) is 2.94. The number of hydrazone groups is 1. The van der Waals surface area contributed by atoms with Gasteiger partial charge in [0.1, 0.15) is 6.61 Å². The molecule has 0 radical (unpaired) electrons. The summed E-state index contributed by atoms with van der Waals surface area (Å²) in [6.07, 6.45) is 1.23. The van der Waals surface area contributed by atoms with Gasteiger partial charge in [-0.3, -0.25) is 19.7 Å². The molecule has 2 amide bonds. The number of amides is 2. The maximum atomic E-state index is 12.0. The Morgan fingerprint density at radius 1 is 1.00 bits per heavy atom. The first-order valence-corrected chi connectivity index (χ1v) is 10.5. The van der Waals surface area contributed by atoms with Crippen LogP contribution in [0.5, 0.6) is 5.75 Å². The standard InChI is InChI=1S/C25H24N4O5/c1-18-7-10-21(11-8-18)27-24(30)13-14-25(31)28-26-16-20-9-12-23(22(15-20)29(32)33)34-17-19-5-3-2-4-6-19/h2-12,15-16H,13-14,17H2,1H3,(H,27,30)(H,28,31). The van der Waals surface area contributed by atoms with Crippen molar-refractivity contribution in [2.75, 3.05) is 5.32 Å². The molecule has 0 unspecified atom stereocenters. The Morgan fingerprint density at radius 2 is 1.71 bits per heavy atom. The van der Waals surface area contributed by atoms with Crippen LogP contribution < -0.4 is 15.5 Å². The molecular weight excluding hydrogens is 436 g/mol. The van der Waals surface area contributed by atoms with Crippen LogP contribution in [-0.4, -0.2) is 23.0 Å². The molecule has 174 valence electrons. The highest BCUT2D eigenvalue weighted by atomic mass is 16.6. The van der Waals surface area contributed by atoms with E-state index in [2.05, 4.69) is 15.8 Å². The van der Waals surface area contributed by atoms with Crippen molar-refractivity contribution in [1.29, 1.82) is 0 Å². The van der Waals surface area contributed by atoms with Crippen LogP contribution in [0.1, 0.15) is 29.5 Å². The molecule has 0 fully saturated rings. The third-order valence-electron chi connectivity index (χ3n) is 4.73. The van der Waals surface area contributed by atoms with E-state index in [0.717, 1.165) is 11.1 Å². The van der Waals surface area contributed by atoms with E-state index in [1.165, 1.54) is 18.3 Å². The molecule has 0 bridgehead atoms. The normalized spacial score (nSPS) is 10.6. The van der Waals surface area contributed by atoms with Gasteiger partial charge in [0.05, 0.1) is 11.1 Å². The smallest absolute Gasteiger partial charge is 0.311 e. The van der Waals surface area contributed by atoms with E-state index < -0.39 is 10.8 Å². The minimum Gasteiger partial charge on any atom is -0.482 e. The molecule has 0 heterocycles. The first-order valence-electron chi connectivity index (χ1n) is 10.5. The monoisotopic (exact) mass is 460 g/mol. The van der Waals surface area contributed by atoms with Crippen LogP contribution in [0.25, 0.3) is 0 Å². The summed E-state index contributed by atoms with van der Waals surface area (Å²) in [5.74, 6) is -0.605. The molecule has 0 saturated heterocycles. The summed E-state index contributed by atoms with van der Waals surface area (Å²) >= 11 is 0. The van der Waals surface area contributed by atoms with Crippen molar-refractivity contribution in [3.8, 4) is 5.75 Å². The molecule has 3 aromatic carbocycles. The van der Waals surface area contributed by atoms with Crippen LogP contribution in [0.15, 0.2) is 77.9 Å². The Labute approximate surface area is 196 Å². The van der Waals surface area contributed by atoms with Crippen molar-refractivity contribution >= 4 is 29.4 Å². The lowest BCUT2D eigenvalue weighted by Gasteiger charge is -2.07. The average molecular weight is 460 g/mol. The number of hydrogen-bond acceptors (Lipinski definition) is 6. The number of aryl methyl sites for hydroxylation is 1. The summed E-state index contributed by atoms with van der Waals surface area (Å²) in [4.78, 5) is 34.8. The van der Waals surface area contributed by atoms with Gasteiger partial charge in [-0.05, 0) is 36.8 Å². The Morgan fingerprint density at radius 3 is 2.41 bits per heavy atom. The SMILES string of the molecule is Cc1ccc(NC(=O)CCC(=O)NN=Cc2ccc(OCc3ccccc3)c([N+](=O)[O-])c2)cc1. The molecule has 0 aliphatic carbocycles. The van der Waals surface area contributed by atoms with E-state index in [9.17, 15) is 19.7 Å². The lowest BCUT2D eigenvalue weighted by atomic mass is 10.2. The maximum Gasteiger partial charge on any atom is 0.311 e. The molecule has 3 rings (SSSR count). The van der Waals surface area contributed by atoms with Crippen molar-refractivity contribution in [3.63, 3.8) is 0 Å². The third-order valence-corrected chi connectivity index (χ3v) is 4.73. The highest BCUT2D eigenvalue weighted by molar-refractivity contribution is 5.93. The number of nitro benzene ring substituents is 1. The first-order chi connectivity index (χ1) is 16.4. The molecule has 0 spiro atoms. The molecule has 0 saturated carbocycles. The molecule has 0 atom stereocenters. The maximum absolute atomic E-state index is 12.0. The summed E-state index contributed by atoms with van der Waals surface area (Å²) in [7, 11) is 0. The minimum absolute atomic E-state index is 0.00580. The first kappa shape index (κ1) is 24.1. The molecule has 0 aliphatic heterocycles. The van der Waals surface area contributed by atoms with E-state index in [1.54, 1.807) is 18.2 Å². The number of anilines is 1. The van der Waals surface area contributed by atoms with Crippen molar-refractivity contribution in [2.24, 2.45) is 5.10 Å². The van der Waals surface area contributed by atoms with E-state index >= 15 is 0 Å². The fourth-order valence-electron chi connectivity index (χ4n) is 2.94. The van der Waals surface area contributed by atoms with Gasteiger partial charge >= 0.3 is 5.69 Å². The highest BCUT2D eigenvalue weighted by Gasteiger charge is 2.16. The van der Waals surface area contributed by atoms with Crippen LogP contribution >= 0.6 is 0 Å². The number of benzene rings is 3. The molecule has 34 heavy (non-hydrogen) atoms. The Kier molecular flexibility index (Phi) is 8.45. The summed E-state index contributed by atoms with van der Waals surface area (Å²) in [5.41, 5.74) is 5.15. The molecule has 9 nitrogen and oxygen atoms in total. The fraction of sp³-hybridized carbons (Fsp3) is 0.160. The Balaban J connectivity index is 1.49. The second kappa shape index (κ2) is 11.9. The van der Waals surface area contributed by atoms with Crippen molar-refractivity contribution < 1.29 is 19.2 Å². The zero-order valence-electron chi connectivity index (χ0n) is 18.6. The van der Waals surface area contributed by atoms with Gasteiger partial charge in [-0.15, -0.1) is 0 Å². The Hall–Kier alpha value is -4.53. The molecule has 3 aromatic rings. The second-order valence-electron chi connectivity index (χ2n) is 7.47. The quantitative estimate of drug-likeness (QED) is 0.264. The van der Waals surface area contributed by atoms with Crippen LogP contribution in [0.3, 0.4) is 0 Å². The highest BCUT2D eigenvalue weighted by Crippen LogP contribution is 2.28. The number of rotatable bonds is 10. The van der Waals surface area contributed by atoms with Crippen molar-refractivity contribution in [1.82, 2.24) is 5.43 Å². The van der Waals surface area contributed by atoms with E-state index in [4.69, 9.17) is 4.74 Å². The number of nitrogens with one attached hydrogen (secondary N) is 2. The van der Waals surface area contributed by atoms with Gasteiger partial charge in [-0.25, -0.2) is 5.43 Å². The third kappa shape index (κ3) is 7.56. The van der Waals surface area contributed by atoms with Gasteiger partial charge in [0.2, 0.25) is 11.8 Å². The zero-order valence-corrected chi connectivity index (χ0v) is 18.6. The van der Waals surface area contributed by atoms with Gasteiger partial charge in [0, 0.05) is 30.2 Å². The molecule has 2 N–H and O–H groups in total. The lowest BCUT2D eigenvalue weighted by molar-refractivity contribution is -0.385. The van der Waals surface area contributed by atoms with Crippen LogP contribution in [-0.2, 0) is 16.2 Å².